The molecule has 2 aromatic heterocycles. The van der Waals surface area contributed by atoms with Crippen molar-refractivity contribution in [1.29, 1.82) is 0 Å². The zero-order chi connectivity index (χ0) is 23.6. The van der Waals surface area contributed by atoms with Gasteiger partial charge >= 0.3 is 0 Å². The van der Waals surface area contributed by atoms with E-state index in [4.69, 9.17) is 4.74 Å². The number of halogens is 5. The Kier molecular flexibility index (Phi) is 4.74. The smallest absolute Gasteiger partial charge is 0.270 e. The number of pyridine rings is 1. The van der Waals surface area contributed by atoms with Crippen molar-refractivity contribution in [2.45, 2.75) is 12.4 Å². The van der Waals surface area contributed by atoms with E-state index < -0.39 is 47.1 Å². The Morgan fingerprint density at radius 1 is 0.970 bits per heavy atom. The lowest BCUT2D eigenvalue weighted by atomic mass is 9.95. The Bertz CT molecular complexity index is 1470. The van der Waals surface area contributed by atoms with Crippen molar-refractivity contribution < 1.29 is 31.5 Å². The lowest BCUT2D eigenvalue weighted by molar-refractivity contribution is -0.0771. The normalized spacial score (nSPS) is 18.0. The third-order valence-electron chi connectivity index (χ3n) is 5.77. The topological polar surface area (TPSA) is 78.2 Å². The molecule has 6 nitrogen and oxygen atoms in total. The van der Waals surface area contributed by atoms with Gasteiger partial charge in [-0.3, -0.25) is 9.59 Å². The van der Waals surface area contributed by atoms with E-state index in [1.54, 1.807) is 0 Å². The van der Waals surface area contributed by atoms with Crippen LogP contribution in [0.2, 0.25) is 0 Å². The number of likely N-dealkylation sites (N-methyl/N-ethyl adjacent to an activating group) is 1. The lowest BCUT2D eigenvalue weighted by Crippen LogP contribution is -2.38. The third-order valence-corrected chi connectivity index (χ3v) is 5.77. The molecule has 0 saturated heterocycles. The number of H-pyrrole nitrogens is 2. The number of fused-ring (bicyclic) bond motifs is 4. The molecular weight excluding hydrogens is 449 g/mol. The van der Waals surface area contributed by atoms with Crippen LogP contribution in [0.3, 0.4) is 0 Å². The van der Waals surface area contributed by atoms with Gasteiger partial charge in [-0.25, -0.2) is 22.0 Å². The molecule has 0 fully saturated rings. The van der Waals surface area contributed by atoms with Crippen molar-refractivity contribution in [3.8, 4) is 0 Å². The molecular formula is C22H14F5N3O3. The molecule has 33 heavy (non-hydrogen) atoms. The lowest BCUT2D eigenvalue weighted by Gasteiger charge is -2.34. The number of aromatic nitrogens is 2. The first-order chi connectivity index (χ1) is 15.7. The highest BCUT2D eigenvalue weighted by Crippen LogP contribution is 2.39. The Morgan fingerprint density at radius 2 is 1.61 bits per heavy atom. The summed E-state index contributed by atoms with van der Waals surface area (Å²) < 4.78 is 74.4. The van der Waals surface area contributed by atoms with Crippen LogP contribution in [0.1, 0.15) is 34.1 Å². The number of rotatable bonds is 2. The van der Waals surface area contributed by atoms with E-state index in [1.165, 1.54) is 13.1 Å². The molecule has 0 spiro atoms. The summed E-state index contributed by atoms with van der Waals surface area (Å²) in [6.45, 7) is -0.347. The van der Waals surface area contributed by atoms with Crippen molar-refractivity contribution in [1.82, 2.24) is 14.9 Å². The second-order valence-electron chi connectivity index (χ2n) is 7.71. The standard InChI is InChI=1S/C22H14F5N3O3/c1-30(22(32)16-3-8-2-11(23)14(26)6-15(8)28-16)17-7-33-20(27)19-18(17)9-4-12(24)13(25)5-10(9)21(31)29-19/h2-6,17,20,28H,7H2,1H3,(H,29,31)/t17-,20?/m0/s1. The van der Waals surface area contributed by atoms with Crippen molar-refractivity contribution in [3.05, 3.63) is 80.9 Å². The van der Waals surface area contributed by atoms with Crippen LogP contribution in [-0.2, 0) is 4.74 Å². The number of nitrogens with zero attached hydrogens (tertiary/aromatic N) is 1. The Morgan fingerprint density at radius 3 is 2.33 bits per heavy atom. The van der Waals surface area contributed by atoms with E-state index >= 15 is 0 Å². The number of carbonyl (C=O) groups is 1. The Labute approximate surface area is 181 Å². The van der Waals surface area contributed by atoms with Gasteiger partial charge in [-0.2, -0.15) is 0 Å². The molecule has 1 unspecified atom stereocenters. The van der Waals surface area contributed by atoms with Crippen molar-refractivity contribution in [3.63, 3.8) is 0 Å². The number of nitrogens with one attached hydrogen (secondary N) is 2. The van der Waals surface area contributed by atoms with Crippen LogP contribution in [0.25, 0.3) is 21.7 Å². The highest BCUT2D eigenvalue weighted by Gasteiger charge is 2.36. The molecule has 5 rings (SSSR count). The largest absolute Gasteiger partial charge is 0.350 e. The molecule has 3 heterocycles. The second-order valence-corrected chi connectivity index (χ2v) is 7.71. The first kappa shape index (κ1) is 21.1. The monoisotopic (exact) mass is 463 g/mol. The third kappa shape index (κ3) is 3.27. The van der Waals surface area contributed by atoms with Crippen LogP contribution >= 0.6 is 0 Å². The van der Waals surface area contributed by atoms with Crippen molar-refractivity contribution in [2.75, 3.05) is 13.7 Å². The zero-order valence-corrected chi connectivity index (χ0v) is 16.8. The molecule has 2 aromatic carbocycles. The number of amides is 1. The molecule has 0 radical (unpaired) electrons. The minimum Gasteiger partial charge on any atom is -0.350 e. The summed E-state index contributed by atoms with van der Waals surface area (Å²) in [5, 5.41) is -0.0321. The summed E-state index contributed by atoms with van der Waals surface area (Å²) in [7, 11) is 1.36. The van der Waals surface area contributed by atoms with Gasteiger partial charge in [0.25, 0.3) is 11.5 Å². The number of hydrogen-bond acceptors (Lipinski definition) is 3. The summed E-state index contributed by atoms with van der Waals surface area (Å²) in [5.41, 5.74) is -0.931. The minimum atomic E-state index is -2.05. The van der Waals surface area contributed by atoms with Gasteiger partial charge in [0.05, 0.1) is 23.7 Å². The zero-order valence-electron chi connectivity index (χ0n) is 16.8. The summed E-state index contributed by atoms with van der Waals surface area (Å²) in [5.74, 6) is -5.32. The molecule has 1 amide bonds. The fourth-order valence-electron chi connectivity index (χ4n) is 4.12. The predicted octanol–water partition coefficient (Wildman–Crippen LogP) is 4.38. The Hall–Kier alpha value is -3.73. The van der Waals surface area contributed by atoms with Crippen LogP contribution in [-0.4, -0.2) is 34.4 Å². The first-order valence-electron chi connectivity index (χ1n) is 9.71. The number of alkyl halides is 1. The molecule has 0 saturated carbocycles. The van der Waals surface area contributed by atoms with E-state index in [1.807, 2.05) is 0 Å². The van der Waals surface area contributed by atoms with Crippen molar-refractivity contribution >= 4 is 27.6 Å². The van der Waals surface area contributed by atoms with E-state index in [9.17, 15) is 31.5 Å². The Balaban J connectivity index is 1.63. The summed E-state index contributed by atoms with van der Waals surface area (Å²) in [6.07, 6.45) is -2.05. The van der Waals surface area contributed by atoms with Gasteiger partial charge < -0.3 is 19.6 Å². The van der Waals surface area contributed by atoms with Crippen LogP contribution in [0.4, 0.5) is 22.0 Å². The van der Waals surface area contributed by atoms with E-state index in [0.29, 0.717) is 6.07 Å². The van der Waals surface area contributed by atoms with Gasteiger partial charge in [-0.15, -0.1) is 0 Å². The maximum absolute atomic E-state index is 14.5. The van der Waals surface area contributed by atoms with E-state index in [0.717, 1.165) is 23.1 Å². The van der Waals surface area contributed by atoms with Gasteiger partial charge in [0.15, 0.2) is 23.3 Å². The van der Waals surface area contributed by atoms with E-state index in [2.05, 4.69) is 9.97 Å². The molecule has 4 aromatic rings. The van der Waals surface area contributed by atoms with Crippen molar-refractivity contribution in [2.24, 2.45) is 0 Å². The highest BCUT2D eigenvalue weighted by atomic mass is 19.2. The molecule has 0 bridgehead atoms. The predicted molar refractivity (Wildman–Crippen MR) is 107 cm³/mol. The van der Waals surface area contributed by atoms with Gasteiger partial charge in [-0.05, 0) is 29.7 Å². The molecule has 2 N–H and O–H groups in total. The summed E-state index contributed by atoms with van der Waals surface area (Å²) in [6, 6.07) is 3.63. The van der Waals surface area contributed by atoms with E-state index in [-0.39, 0.29) is 45.2 Å². The quantitative estimate of drug-likeness (QED) is 0.434. The number of hydrogen-bond donors (Lipinski definition) is 2. The molecule has 170 valence electrons. The maximum atomic E-state index is 14.5. The fraction of sp³-hybridized carbons (Fsp3) is 0.182. The number of ether oxygens (including phenoxy) is 1. The minimum absolute atomic E-state index is 0.0209. The molecule has 2 atom stereocenters. The molecule has 1 aliphatic heterocycles. The second kappa shape index (κ2) is 7.41. The number of carbonyl (C=O) groups excluding carboxylic acids is 1. The van der Waals surface area contributed by atoms with Crippen LogP contribution in [0, 0.1) is 23.3 Å². The first-order valence-corrected chi connectivity index (χ1v) is 9.71. The highest BCUT2D eigenvalue weighted by molar-refractivity contribution is 5.98. The fourth-order valence-corrected chi connectivity index (χ4v) is 4.12. The molecule has 11 heteroatoms. The summed E-state index contributed by atoms with van der Waals surface area (Å²) in [4.78, 5) is 31.6. The number of benzene rings is 2. The SMILES string of the molecule is CN(C(=O)c1cc2cc(F)c(F)cc2[nH]1)[C@H]1COC(F)c2[nH]c(=O)c3cc(F)c(F)cc3c21. The van der Waals surface area contributed by atoms with Gasteiger partial charge in [0, 0.05) is 29.6 Å². The molecule has 0 aliphatic carbocycles. The average molecular weight is 463 g/mol. The maximum Gasteiger partial charge on any atom is 0.270 e. The van der Waals surface area contributed by atoms with Gasteiger partial charge in [-0.1, -0.05) is 0 Å². The average Bonchev–Trinajstić information content (AvgIpc) is 3.18. The van der Waals surface area contributed by atoms with Crippen LogP contribution in [0.5, 0.6) is 0 Å². The van der Waals surface area contributed by atoms with Crippen LogP contribution < -0.4 is 5.56 Å². The van der Waals surface area contributed by atoms with Gasteiger partial charge in [0.1, 0.15) is 5.69 Å². The molecule has 1 aliphatic rings. The van der Waals surface area contributed by atoms with Crippen LogP contribution in [0.15, 0.2) is 35.1 Å². The summed E-state index contributed by atoms with van der Waals surface area (Å²) >= 11 is 0. The number of aromatic amines is 2. The van der Waals surface area contributed by atoms with Gasteiger partial charge in [0.2, 0.25) is 6.36 Å².